The Kier molecular flexibility index (Phi) is 5.64. The highest BCUT2D eigenvalue weighted by Gasteiger charge is 2.24. The number of carbonyl (C=O) groups excluding carboxylic acids is 1. The van der Waals surface area contributed by atoms with Gasteiger partial charge in [-0.2, -0.15) is 0 Å². The Hall–Kier alpha value is -1.60. The van der Waals surface area contributed by atoms with E-state index in [1.807, 2.05) is 6.92 Å². The summed E-state index contributed by atoms with van der Waals surface area (Å²) in [5, 5.41) is 6.26. The summed E-state index contributed by atoms with van der Waals surface area (Å²) in [6.45, 7) is 6.34. The molecular formula is C16H25N3O3S. The Labute approximate surface area is 138 Å². The van der Waals surface area contributed by atoms with Crippen molar-refractivity contribution < 1.29 is 13.2 Å². The van der Waals surface area contributed by atoms with E-state index in [1.54, 1.807) is 25.1 Å². The van der Waals surface area contributed by atoms with E-state index in [1.165, 1.54) is 0 Å². The molecular weight excluding hydrogens is 314 g/mol. The van der Waals surface area contributed by atoms with Gasteiger partial charge in [0.05, 0.1) is 11.4 Å². The van der Waals surface area contributed by atoms with Crippen molar-refractivity contribution in [3.8, 4) is 0 Å². The molecule has 0 radical (unpaired) electrons. The SMILES string of the molecule is CCS(=O)(=O)Nc1ccc(NC(=O)[C@H]2CCN[C@@H](C)C2)cc1C. The zero-order chi connectivity index (χ0) is 17.0. The molecule has 1 aromatic carbocycles. The van der Waals surface area contributed by atoms with Gasteiger partial charge in [-0.15, -0.1) is 0 Å². The minimum Gasteiger partial charge on any atom is -0.326 e. The van der Waals surface area contributed by atoms with Gasteiger partial charge in [-0.05, 0) is 63.9 Å². The summed E-state index contributed by atoms with van der Waals surface area (Å²) >= 11 is 0. The van der Waals surface area contributed by atoms with Gasteiger partial charge in [-0.1, -0.05) is 0 Å². The Bertz CT molecular complexity index is 673. The summed E-state index contributed by atoms with van der Waals surface area (Å²) in [5.41, 5.74) is 2.01. The lowest BCUT2D eigenvalue weighted by molar-refractivity contribution is -0.120. The van der Waals surface area contributed by atoms with Gasteiger partial charge in [0.15, 0.2) is 0 Å². The molecule has 1 saturated heterocycles. The third-order valence-electron chi connectivity index (χ3n) is 4.13. The van der Waals surface area contributed by atoms with Crippen molar-refractivity contribution in [2.24, 2.45) is 5.92 Å². The molecule has 1 fully saturated rings. The maximum absolute atomic E-state index is 12.3. The highest BCUT2D eigenvalue weighted by molar-refractivity contribution is 7.92. The highest BCUT2D eigenvalue weighted by Crippen LogP contribution is 2.23. The Balaban J connectivity index is 2.04. The van der Waals surface area contributed by atoms with Gasteiger partial charge in [-0.25, -0.2) is 8.42 Å². The first-order valence-corrected chi connectivity index (χ1v) is 9.61. The lowest BCUT2D eigenvalue weighted by Gasteiger charge is -2.27. The molecule has 2 atom stereocenters. The first kappa shape index (κ1) is 17.7. The van der Waals surface area contributed by atoms with E-state index in [-0.39, 0.29) is 17.6 Å². The standard InChI is InChI=1S/C16H25N3O3S/c1-4-23(21,22)19-15-6-5-14(9-11(15)2)18-16(20)13-7-8-17-12(3)10-13/h5-6,9,12-13,17,19H,4,7-8,10H2,1-3H3,(H,18,20)/t12-,13-/m0/s1. The van der Waals surface area contributed by atoms with Gasteiger partial charge in [0.1, 0.15) is 0 Å². The number of amides is 1. The highest BCUT2D eigenvalue weighted by atomic mass is 32.2. The van der Waals surface area contributed by atoms with Crippen molar-refractivity contribution in [3.63, 3.8) is 0 Å². The predicted molar refractivity (Wildman–Crippen MR) is 93.1 cm³/mol. The maximum Gasteiger partial charge on any atom is 0.232 e. The molecule has 1 aliphatic heterocycles. The van der Waals surface area contributed by atoms with Crippen LogP contribution in [-0.2, 0) is 14.8 Å². The fraction of sp³-hybridized carbons (Fsp3) is 0.562. The third-order valence-corrected chi connectivity index (χ3v) is 5.42. The quantitative estimate of drug-likeness (QED) is 0.766. The second-order valence-corrected chi connectivity index (χ2v) is 8.11. The second kappa shape index (κ2) is 7.31. The van der Waals surface area contributed by atoms with Gasteiger partial charge < -0.3 is 10.6 Å². The van der Waals surface area contributed by atoms with Crippen LogP contribution in [0.2, 0.25) is 0 Å². The molecule has 3 N–H and O–H groups in total. The monoisotopic (exact) mass is 339 g/mol. The molecule has 0 spiro atoms. The van der Waals surface area contributed by atoms with Crippen LogP contribution < -0.4 is 15.4 Å². The number of hydrogen-bond acceptors (Lipinski definition) is 4. The summed E-state index contributed by atoms with van der Waals surface area (Å²) in [6, 6.07) is 5.55. The zero-order valence-corrected chi connectivity index (χ0v) is 14.7. The van der Waals surface area contributed by atoms with Crippen molar-refractivity contribution >= 4 is 27.3 Å². The van der Waals surface area contributed by atoms with Crippen molar-refractivity contribution in [1.29, 1.82) is 0 Å². The topological polar surface area (TPSA) is 87.3 Å². The first-order valence-electron chi connectivity index (χ1n) is 7.96. The average Bonchev–Trinajstić information content (AvgIpc) is 2.50. The molecule has 0 bridgehead atoms. The molecule has 1 aliphatic rings. The average molecular weight is 339 g/mol. The lowest BCUT2D eigenvalue weighted by atomic mass is 9.92. The molecule has 7 heteroatoms. The summed E-state index contributed by atoms with van der Waals surface area (Å²) in [4.78, 5) is 12.3. The van der Waals surface area contributed by atoms with Crippen LogP contribution in [0.4, 0.5) is 11.4 Å². The first-order chi connectivity index (χ1) is 10.8. The van der Waals surface area contributed by atoms with E-state index >= 15 is 0 Å². The van der Waals surface area contributed by atoms with Crippen molar-refractivity contribution in [2.45, 2.75) is 39.7 Å². The normalized spacial score (nSPS) is 21.7. The number of rotatable bonds is 5. The molecule has 0 unspecified atom stereocenters. The van der Waals surface area contributed by atoms with Gasteiger partial charge in [0.2, 0.25) is 15.9 Å². The molecule has 1 amide bonds. The minimum absolute atomic E-state index is 0.0184. The fourth-order valence-electron chi connectivity index (χ4n) is 2.71. The van der Waals surface area contributed by atoms with E-state index in [0.717, 1.165) is 24.9 Å². The van der Waals surface area contributed by atoms with Crippen LogP contribution in [0.1, 0.15) is 32.3 Å². The van der Waals surface area contributed by atoms with Crippen molar-refractivity contribution in [2.75, 3.05) is 22.3 Å². The number of anilines is 2. The van der Waals surface area contributed by atoms with Gasteiger partial charge in [0.25, 0.3) is 0 Å². The number of nitrogens with one attached hydrogen (secondary N) is 3. The van der Waals surface area contributed by atoms with Gasteiger partial charge >= 0.3 is 0 Å². The fourth-order valence-corrected chi connectivity index (χ4v) is 3.42. The Morgan fingerprint density at radius 1 is 1.39 bits per heavy atom. The number of aryl methyl sites for hydroxylation is 1. The molecule has 1 aromatic rings. The molecule has 1 heterocycles. The van der Waals surface area contributed by atoms with E-state index in [9.17, 15) is 13.2 Å². The van der Waals surface area contributed by atoms with Gasteiger partial charge in [-0.3, -0.25) is 9.52 Å². The Morgan fingerprint density at radius 2 is 2.13 bits per heavy atom. The lowest BCUT2D eigenvalue weighted by Crippen LogP contribution is -2.40. The number of hydrogen-bond donors (Lipinski definition) is 3. The van der Waals surface area contributed by atoms with E-state index in [4.69, 9.17) is 0 Å². The molecule has 6 nitrogen and oxygen atoms in total. The maximum atomic E-state index is 12.3. The van der Waals surface area contributed by atoms with Crippen LogP contribution >= 0.6 is 0 Å². The van der Waals surface area contributed by atoms with E-state index < -0.39 is 10.0 Å². The van der Waals surface area contributed by atoms with Crippen LogP contribution in [0.15, 0.2) is 18.2 Å². The zero-order valence-electron chi connectivity index (χ0n) is 13.8. The summed E-state index contributed by atoms with van der Waals surface area (Å²) < 4.78 is 25.8. The number of carbonyl (C=O) groups is 1. The van der Waals surface area contributed by atoms with Crippen molar-refractivity contribution in [1.82, 2.24) is 5.32 Å². The van der Waals surface area contributed by atoms with E-state index in [0.29, 0.717) is 17.4 Å². The second-order valence-electron chi connectivity index (χ2n) is 6.10. The minimum atomic E-state index is -3.30. The summed E-state index contributed by atoms with van der Waals surface area (Å²) in [6.07, 6.45) is 1.67. The molecule has 0 aromatic heterocycles. The molecule has 23 heavy (non-hydrogen) atoms. The van der Waals surface area contributed by atoms with Crippen LogP contribution in [0.5, 0.6) is 0 Å². The molecule has 2 rings (SSSR count). The van der Waals surface area contributed by atoms with E-state index in [2.05, 4.69) is 22.3 Å². The number of sulfonamides is 1. The molecule has 128 valence electrons. The third kappa shape index (κ3) is 4.94. The molecule has 0 saturated carbocycles. The van der Waals surface area contributed by atoms with Crippen LogP contribution in [-0.4, -0.2) is 32.7 Å². The molecule has 0 aliphatic carbocycles. The summed E-state index contributed by atoms with van der Waals surface area (Å²) in [7, 11) is -3.30. The van der Waals surface area contributed by atoms with Crippen LogP contribution in [0.3, 0.4) is 0 Å². The number of benzene rings is 1. The Morgan fingerprint density at radius 3 is 2.74 bits per heavy atom. The largest absolute Gasteiger partial charge is 0.326 e. The summed E-state index contributed by atoms with van der Waals surface area (Å²) in [5.74, 6) is 0.0724. The predicted octanol–water partition coefficient (Wildman–Crippen LogP) is 2.08. The smallest absolute Gasteiger partial charge is 0.232 e. The van der Waals surface area contributed by atoms with Gasteiger partial charge in [0, 0.05) is 17.6 Å². The van der Waals surface area contributed by atoms with Crippen molar-refractivity contribution in [3.05, 3.63) is 23.8 Å². The number of piperidine rings is 1. The van der Waals surface area contributed by atoms with Crippen LogP contribution in [0, 0.1) is 12.8 Å². The van der Waals surface area contributed by atoms with Crippen LogP contribution in [0.25, 0.3) is 0 Å².